The van der Waals surface area contributed by atoms with Crippen LogP contribution in [0.2, 0.25) is 0 Å². The van der Waals surface area contributed by atoms with Gasteiger partial charge in [0.25, 0.3) is 0 Å². The number of hydrogen-bond acceptors (Lipinski definition) is 3. The van der Waals surface area contributed by atoms with Gasteiger partial charge in [-0.15, -0.1) is 0 Å². The summed E-state index contributed by atoms with van der Waals surface area (Å²) in [6.07, 6.45) is 2.11. The van der Waals surface area contributed by atoms with E-state index in [1.165, 1.54) is 16.5 Å². The monoisotopic (exact) mass is 259 g/mol. The Kier molecular flexibility index (Phi) is 3.55. The minimum Gasteiger partial charge on any atom is -0.379 e. The van der Waals surface area contributed by atoms with E-state index in [0.717, 1.165) is 26.3 Å². The normalized spacial score (nSPS) is 20.5. The summed E-state index contributed by atoms with van der Waals surface area (Å²) in [4.78, 5) is 5.78. The lowest BCUT2D eigenvalue weighted by atomic mass is 9.98. The van der Waals surface area contributed by atoms with E-state index >= 15 is 0 Å². The van der Waals surface area contributed by atoms with Gasteiger partial charge >= 0.3 is 0 Å². The van der Waals surface area contributed by atoms with Gasteiger partial charge in [-0.2, -0.15) is 0 Å². The number of hydrogen-bond donors (Lipinski definition) is 2. The van der Waals surface area contributed by atoms with Gasteiger partial charge in [-0.05, 0) is 18.6 Å². The smallest absolute Gasteiger partial charge is 0.0594 e. The van der Waals surface area contributed by atoms with Gasteiger partial charge in [-0.1, -0.05) is 18.2 Å². The van der Waals surface area contributed by atoms with Crippen LogP contribution in [0.5, 0.6) is 0 Å². The second kappa shape index (κ2) is 5.33. The van der Waals surface area contributed by atoms with Crippen LogP contribution < -0.4 is 5.73 Å². The molecule has 2 atom stereocenters. The molecule has 0 amide bonds. The molecule has 4 nitrogen and oxygen atoms in total. The number of nitrogens with two attached hydrogens (primary N) is 1. The number of morpholine rings is 1. The highest BCUT2D eigenvalue weighted by molar-refractivity contribution is 5.83. The van der Waals surface area contributed by atoms with Crippen LogP contribution in [0, 0.1) is 0 Å². The lowest BCUT2D eigenvalue weighted by Crippen LogP contribution is -2.45. The minimum absolute atomic E-state index is 0.0947. The summed E-state index contributed by atoms with van der Waals surface area (Å²) >= 11 is 0. The number of aromatic amines is 1. The molecule has 0 saturated carbocycles. The highest BCUT2D eigenvalue weighted by atomic mass is 16.5. The van der Waals surface area contributed by atoms with Crippen LogP contribution in [0.15, 0.2) is 30.5 Å². The third kappa shape index (κ3) is 2.39. The summed E-state index contributed by atoms with van der Waals surface area (Å²) in [6, 6.07) is 8.75. The average molecular weight is 259 g/mol. The van der Waals surface area contributed by atoms with Crippen LogP contribution in [-0.4, -0.2) is 42.2 Å². The Morgan fingerprint density at radius 2 is 2.00 bits per heavy atom. The number of rotatable bonds is 3. The highest BCUT2D eigenvalue weighted by Gasteiger charge is 2.27. The van der Waals surface area contributed by atoms with Gasteiger partial charge < -0.3 is 15.5 Å². The fourth-order valence-electron chi connectivity index (χ4n) is 3.01. The Morgan fingerprint density at radius 3 is 2.74 bits per heavy atom. The van der Waals surface area contributed by atoms with Crippen LogP contribution in [0.25, 0.3) is 10.9 Å². The van der Waals surface area contributed by atoms with Crippen LogP contribution >= 0.6 is 0 Å². The van der Waals surface area contributed by atoms with Gasteiger partial charge in [0, 0.05) is 36.2 Å². The quantitative estimate of drug-likeness (QED) is 0.885. The number of para-hydroxylation sites is 1. The van der Waals surface area contributed by atoms with Gasteiger partial charge in [0.1, 0.15) is 0 Å². The molecule has 0 bridgehead atoms. The van der Waals surface area contributed by atoms with Crippen molar-refractivity contribution >= 4 is 10.9 Å². The number of benzene rings is 1. The predicted octanol–water partition coefficient (Wildman–Crippen LogP) is 1.89. The number of ether oxygens (including phenoxy) is 1. The number of H-pyrrole nitrogens is 1. The molecule has 0 spiro atoms. The van der Waals surface area contributed by atoms with Gasteiger partial charge in [-0.25, -0.2) is 0 Å². The summed E-state index contributed by atoms with van der Waals surface area (Å²) in [7, 11) is 0. The van der Waals surface area contributed by atoms with Crippen molar-refractivity contribution in [2.75, 3.05) is 26.3 Å². The van der Waals surface area contributed by atoms with E-state index in [1.54, 1.807) is 0 Å². The van der Waals surface area contributed by atoms with Crippen molar-refractivity contribution < 1.29 is 4.74 Å². The molecule has 1 aromatic heterocycles. The number of nitrogens with zero attached hydrogens (tertiary/aromatic N) is 1. The second-order valence-electron chi connectivity index (χ2n) is 5.24. The molecule has 0 aliphatic carbocycles. The molecule has 1 aliphatic rings. The van der Waals surface area contributed by atoms with Crippen molar-refractivity contribution in [2.45, 2.75) is 19.0 Å². The third-order valence-electron chi connectivity index (χ3n) is 3.88. The first-order chi connectivity index (χ1) is 9.27. The first kappa shape index (κ1) is 12.7. The van der Waals surface area contributed by atoms with Gasteiger partial charge in [0.15, 0.2) is 0 Å². The van der Waals surface area contributed by atoms with Crippen molar-refractivity contribution in [3.8, 4) is 0 Å². The average Bonchev–Trinajstić information content (AvgIpc) is 2.84. The number of fused-ring (bicyclic) bond motifs is 1. The lowest BCUT2D eigenvalue weighted by Gasteiger charge is -2.36. The molecule has 3 N–H and O–H groups in total. The molecule has 102 valence electrons. The van der Waals surface area contributed by atoms with Crippen LogP contribution in [0.4, 0.5) is 0 Å². The Morgan fingerprint density at radius 1 is 1.26 bits per heavy atom. The molecular formula is C15H21N3O. The zero-order chi connectivity index (χ0) is 13.2. The molecule has 4 heteroatoms. The maximum absolute atomic E-state index is 6.25. The van der Waals surface area contributed by atoms with E-state index in [4.69, 9.17) is 10.5 Å². The first-order valence-electron chi connectivity index (χ1n) is 6.91. The van der Waals surface area contributed by atoms with Crippen LogP contribution in [0.1, 0.15) is 18.5 Å². The van der Waals surface area contributed by atoms with Crippen molar-refractivity contribution in [1.82, 2.24) is 9.88 Å². The number of aromatic nitrogens is 1. The molecule has 2 aromatic rings. The first-order valence-corrected chi connectivity index (χ1v) is 6.91. The van der Waals surface area contributed by atoms with E-state index < -0.39 is 0 Å². The summed E-state index contributed by atoms with van der Waals surface area (Å²) in [6.45, 7) is 5.58. The largest absolute Gasteiger partial charge is 0.379 e. The Hall–Kier alpha value is -1.36. The summed E-state index contributed by atoms with van der Waals surface area (Å²) in [5, 5.41) is 1.27. The molecule has 1 fully saturated rings. The van der Waals surface area contributed by atoms with E-state index in [0.29, 0.717) is 0 Å². The zero-order valence-corrected chi connectivity index (χ0v) is 11.3. The molecule has 2 unspecified atom stereocenters. The van der Waals surface area contributed by atoms with Gasteiger partial charge in [0.2, 0.25) is 0 Å². The van der Waals surface area contributed by atoms with Crippen molar-refractivity contribution in [3.63, 3.8) is 0 Å². The van der Waals surface area contributed by atoms with E-state index in [9.17, 15) is 0 Å². The minimum atomic E-state index is 0.0947. The van der Waals surface area contributed by atoms with Gasteiger partial charge in [-0.3, -0.25) is 4.90 Å². The van der Waals surface area contributed by atoms with Crippen molar-refractivity contribution in [1.29, 1.82) is 0 Å². The van der Waals surface area contributed by atoms with E-state index in [2.05, 4.69) is 47.3 Å². The Bertz CT molecular complexity index is 543. The van der Waals surface area contributed by atoms with Crippen molar-refractivity contribution in [2.24, 2.45) is 5.73 Å². The highest BCUT2D eigenvalue weighted by Crippen LogP contribution is 2.30. The van der Waals surface area contributed by atoms with Crippen molar-refractivity contribution in [3.05, 3.63) is 36.0 Å². The maximum atomic E-state index is 6.25. The third-order valence-corrected chi connectivity index (χ3v) is 3.88. The standard InChI is InChI=1S/C15H21N3O/c1-11(16)15(18-6-8-19-9-7-18)13-10-17-14-5-3-2-4-12(13)14/h2-5,10-11,15,17H,6-9,16H2,1H3. The molecule has 2 heterocycles. The molecule has 3 rings (SSSR count). The molecule has 0 radical (unpaired) electrons. The SMILES string of the molecule is CC(N)C(c1c[nH]c2ccccc12)N1CCOCC1. The Balaban J connectivity index is 1.99. The zero-order valence-electron chi connectivity index (χ0n) is 11.3. The summed E-state index contributed by atoms with van der Waals surface area (Å²) in [5.74, 6) is 0. The van der Waals surface area contributed by atoms with E-state index in [1.807, 2.05) is 0 Å². The molecule has 1 aromatic carbocycles. The summed E-state index contributed by atoms with van der Waals surface area (Å²) < 4.78 is 5.44. The summed E-state index contributed by atoms with van der Waals surface area (Å²) in [5.41, 5.74) is 8.73. The Labute approximate surface area is 113 Å². The van der Waals surface area contributed by atoms with E-state index in [-0.39, 0.29) is 12.1 Å². The number of nitrogens with one attached hydrogen (secondary N) is 1. The molecule has 1 aliphatic heterocycles. The molecular weight excluding hydrogens is 238 g/mol. The maximum Gasteiger partial charge on any atom is 0.0594 e. The fraction of sp³-hybridized carbons (Fsp3) is 0.467. The van der Waals surface area contributed by atoms with Crippen LogP contribution in [0.3, 0.4) is 0 Å². The topological polar surface area (TPSA) is 54.3 Å². The molecule has 19 heavy (non-hydrogen) atoms. The second-order valence-corrected chi connectivity index (χ2v) is 5.24. The predicted molar refractivity (Wildman–Crippen MR) is 77.1 cm³/mol. The lowest BCUT2D eigenvalue weighted by molar-refractivity contribution is 0.0120. The molecule has 1 saturated heterocycles. The van der Waals surface area contributed by atoms with Gasteiger partial charge in [0.05, 0.1) is 19.3 Å². The fourth-order valence-corrected chi connectivity index (χ4v) is 3.01. The van der Waals surface area contributed by atoms with Crippen LogP contribution in [-0.2, 0) is 4.74 Å².